The molecule has 0 aliphatic carbocycles. The monoisotopic (exact) mass is 389 g/mol. The topological polar surface area (TPSA) is 25.5 Å². The van der Waals surface area contributed by atoms with E-state index in [1.807, 2.05) is 55.5 Å². The molecule has 1 aromatic heterocycles. The molecule has 0 aliphatic heterocycles. The van der Waals surface area contributed by atoms with Crippen LogP contribution in [-0.2, 0) is 0 Å². The molecular weight excluding hydrogens is 366 g/mol. The van der Waals surface area contributed by atoms with E-state index >= 15 is 0 Å². The molecule has 146 valence electrons. The molecule has 4 rings (SSSR count). The first-order chi connectivity index (χ1) is 14.6. The molecule has 1 heterocycles. The van der Waals surface area contributed by atoms with E-state index in [4.69, 9.17) is 9.41 Å². The highest BCUT2D eigenvalue weighted by Gasteiger charge is 2.14. The predicted octanol–water partition coefficient (Wildman–Crippen LogP) is 7.87. The van der Waals surface area contributed by atoms with Crippen LogP contribution in [0.3, 0.4) is 0 Å². The first kappa shape index (κ1) is 19.4. The van der Waals surface area contributed by atoms with Gasteiger partial charge in [-0.3, -0.25) is 4.99 Å². The third-order valence-corrected chi connectivity index (χ3v) is 5.19. The van der Waals surface area contributed by atoms with Crippen LogP contribution in [0.4, 0.5) is 0 Å². The van der Waals surface area contributed by atoms with Gasteiger partial charge in [0.05, 0.1) is 5.70 Å². The Bertz CT molecular complexity index is 1270. The smallest absolute Gasteiger partial charge is 0.136 e. The number of rotatable bonds is 6. The van der Waals surface area contributed by atoms with Crippen molar-refractivity contribution in [2.24, 2.45) is 4.99 Å². The van der Waals surface area contributed by atoms with Crippen molar-refractivity contribution in [2.75, 3.05) is 0 Å². The maximum absolute atomic E-state index is 5.93. The van der Waals surface area contributed by atoms with Gasteiger partial charge in [-0.15, -0.1) is 0 Å². The zero-order chi connectivity index (χ0) is 21.1. The number of fused-ring (bicyclic) bond motifs is 1. The standard InChI is InChI=1S/C28H23NO/c1-5-24-26(6-2)30-27-14-10-13-25(28(24)27)23-17-15-22(16-18-23)20(4)29-19(3)21-11-8-7-9-12-21/h5-18H,1-3H2,4H3/b29-20+. The minimum absolute atomic E-state index is 0.742. The van der Waals surface area contributed by atoms with Gasteiger partial charge in [0.1, 0.15) is 11.3 Å². The Hall–Kier alpha value is -3.91. The molecule has 30 heavy (non-hydrogen) atoms. The largest absolute Gasteiger partial charge is 0.456 e. The van der Waals surface area contributed by atoms with Crippen molar-refractivity contribution in [3.05, 3.63) is 115 Å². The van der Waals surface area contributed by atoms with Gasteiger partial charge in [-0.2, -0.15) is 0 Å². The lowest BCUT2D eigenvalue weighted by molar-refractivity contribution is 0.603. The summed E-state index contributed by atoms with van der Waals surface area (Å²) in [6.45, 7) is 13.9. The average Bonchev–Trinajstić information content (AvgIpc) is 3.17. The fourth-order valence-electron chi connectivity index (χ4n) is 3.64. The molecule has 0 amide bonds. The van der Waals surface area contributed by atoms with Gasteiger partial charge < -0.3 is 4.42 Å². The first-order valence-electron chi connectivity index (χ1n) is 9.83. The second-order valence-corrected chi connectivity index (χ2v) is 7.05. The third-order valence-electron chi connectivity index (χ3n) is 5.19. The molecule has 0 saturated carbocycles. The van der Waals surface area contributed by atoms with Crippen molar-refractivity contribution in [3.8, 4) is 11.1 Å². The summed E-state index contributed by atoms with van der Waals surface area (Å²) in [5, 5.41) is 1.05. The highest BCUT2D eigenvalue weighted by atomic mass is 16.3. The summed E-state index contributed by atoms with van der Waals surface area (Å²) in [5.41, 5.74) is 7.79. The lowest BCUT2D eigenvalue weighted by Gasteiger charge is -2.08. The molecule has 0 spiro atoms. The van der Waals surface area contributed by atoms with Gasteiger partial charge in [0.2, 0.25) is 0 Å². The Balaban J connectivity index is 1.70. The van der Waals surface area contributed by atoms with Gasteiger partial charge in [-0.1, -0.05) is 92.5 Å². The second-order valence-electron chi connectivity index (χ2n) is 7.05. The predicted molar refractivity (Wildman–Crippen MR) is 130 cm³/mol. The summed E-state index contributed by atoms with van der Waals surface area (Å²) in [6.07, 6.45) is 3.55. The SMILES string of the molecule is C=Cc1oc2cccc(-c3ccc(/C(C)=N/C(=C)c4ccccc4)cc3)c2c1C=C. The van der Waals surface area contributed by atoms with Crippen LogP contribution in [0.25, 0.3) is 39.9 Å². The van der Waals surface area contributed by atoms with Gasteiger partial charge in [-0.25, -0.2) is 0 Å². The van der Waals surface area contributed by atoms with E-state index in [0.717, 1.165) is 56.0 Å². The summed E-state index contributed by atoms with van der Waals surface area (Å²) in [6, 6.07) is 24.5. The van der Waals surface area contributed by atoms with Crippen molar-refractivity contribution in [2.45, 2.75) is 6.92 Å². The van der Waals surface area contributed by atoms with Crippen LogP contribution in [-0.4, -0.2) is 5.71 Å². The Morgan fingerprint density at radius 3 is 2.23 bits per heavy atom. The van der Waals surface area contributed by atoms with Crippen LogP contribution in [0.2, 0.25) is 0 Å². The van der Waals surface area contributed by atoms with E-state index in [1.165, 1.54) is 0 Å². The minimum atomic E-state index is 0.742. The number of nitrogens with zero attached hydrogens (tertiary/aromatic N) is 1. The quantitative estimate of drug-likeness (QED) is 0.308. The zero-order valence-electron chi connectivity index (χ0n) is 17.1. The maximum atomic E-state index is 5.93. The van der Waals surface area contributed by atoms with Crippen molar-refractivity contribution in [3.63, 3.8) is 0 Å². The number of aliphatic imine (C=N–C) groups is 1. The van der Waals surface area contributed by atoms with Crippen molar-refractivity contribution < 1.29 is 4.42 Å². The molecule has 0 saturated heterocycles. The fraction of sp³-hybridized carbons (Fsp3) is 0.0357. The van der Waals surface area contributed by atoms with Crippen LogP contribution in [0.15, 0.2) is 102 Å². The normalized spacial score (nSPS) is 11.4. The van der Waals surface area contributed by atoms with E-state index in [0.29, 0.717) is 0 Å². The Kier molecular flexibility index (Phi) is 5.32. The zero-order valence-corrected chi connectivity index (χ0v) is 17.1. The molecule has 0 bridgehead atoms. The van der Waals surface area contributed by atoms with Gasteiger partial charge in [0, 0.05) is 16.7 Å². The molecular formula is C28H23NO. The maximum Gasteiger partial charge on any atom is 0.136 e. The van der Waals surface area contributed by atoms with Crippen LogP contribution in [0, 0.1) is 0 Å². The second kappa shape index (κ2) is 8.22. The lowest BCUT2D eigenvalue weighted by Crippen LogP contribution is -1.95. The third kappa shape index (κ3) is 3.56. The molecule has 0 aliphatic rings. The van der Waals surface area contributed by atoms with Gasteiger partial charge in [0.15, 0.2) is 0 Å². The van der Waals surface area contributed by atoms with Crippen LogP contribution in [0.1, 0.15) is 29.4 Å². The summed E-state index contributed by atoms with van der Waals surface area (Å²) < 4.78 is 5.93. The van der Waals surface area contributed by atoms with E-state index in [1.54, 1.807) is 6.08 Å². The van der Waals surface area contributed by atoms with Gasteiger partial charge in [0.25, 0.3) is 0 Å². The molecule has 2 nitrogen and oxygen atoms in total. The molecule has 3 aromatic carbocycles. The first-order valence-corrected chi connectivity index (χ1v) is 9.83. The summed E-state index contributed by atoms with van der Waals surface area (Å²) in [5.74, 6) is 0.742. The molecule has 2 heteroatoms. The average molecular weight is 389 g/mol. The number of hydrogen-bond donors (Lipinski definition) is 0. The number of furan rings is 1. The number of hydrogen-bond acceptors (Lipinski definition) is 2. The van der Waals surface area contributed by atoms with E-state index in [-0.39, 0.29) is 0 Å². The Morgan fingerprint density at radius 1 is 0.833 bits per heavy atom. The highest BCUT2D eigenvalue weighted by Crippen LogP contribution is 2.36. The molecule has 4 aromatic rings. The van der Waals surface area contributed by atoms with Crippen LogP contribution < -0.4 is 0 Å². The van der Waals surface area contributed by atoms with Gasteiger partial charge in [-0.05, 0) is 41.3 Å². The van der Waals surface area contributed by atoms with E-state index in [9.17, 15) is 0 Å². The van der Waals surface area contributed by atoms with Crippen molar-refractivity contribution in [1.29, 1.82) is 0 Å². The minimum Gasteiger partial charge on any atom is -0.456 e. The highest BCUT2D eigenvalue weighted by molar-refractivity contribution is 6.04. The molecule has 0 N–H and O–H groups in total. The summed E-state index contributed by atoms with van der Waals surface area (Å²) in [7, 11) is 0. The van der Waals surface area contributed by atoms with E-state index in [2.05, 4.69) is 50.1 Å². The van der Waals surface area contributed by atoms with Crippen molar-refractivity contribution in [1.82, 2.24) is 0 Å². The molecule has 0 radical (unpaired) electrons. The molecule has 0 atom stereocenters. The molecule has 0 unspecified atom stereocenters. The van der Waals surface area contributed by atoms with Crippen LogP contribution >= 0.6 is 0 Å². The fourth-order valence-corrected chi connectivity index (χ4v) is 3.64. The van der Waals surface area contributed by atoms with E-state index < -0.39 is 0 Å². The summed E-state index contributed by atoms with van der Waals surface area (Å²) >= 11 is 0. The lowest BCUT2D eigenvalue weighted by atomic mass is 9.97. The molecule has 0 fully saturated rings. The number of benzene rings is 3. The Labute approximate surface area is 177 Å². The van der Waals surface area contributed by atoms with Crippen molar-refractivity contribution >= 4 is 34.5 Å². The summed E-state index contributed by atoms with van der Waals surface area (Å²) in [4.78, 5) is 4.69. The van der Waals surface area contributed by atoms with Gasteiger partial charge >= 0.3 is 0 Å². The van der Waals surface area contributed by atoms with Crippen LogP contribution in [0.5, 0.6) is 0 Å². The Morgan fingerprint density at radius 2 is 1.57 bits per heavy atom.